The summed E-state index contributed by atoms with van der Waals surface area (Å²) >= 11 is 3.49. The Morgan fingerprint density at radius 1 is 1.33 bits per heavy atom. The maximum absolute atomic E-state index is 9.59. The zero-order valence-electron chi connectivity index (χ0n) is 12.8. The zero-order valence-corrected chi connectivity index (χ0v) is 14.4. The third-order valence-corrected chi connectivity index (χ3v) is 3.58. The number of aliphatic hydroxyl groups is 1. The van der Waals surface area contributed by atoms with Crippen molar-refractivity contribution in [1.29, 1.82) is 0 Å². The van der Waals surface area contributed by atoms with Gasteiger partial charge in [0.1, 0.15) is 6.61 Å². The minimum Gasteiger partial charge on any atom is -0.493 e. The Kier molecular flexibility index (Phi) is 8.68. The van der Waals surface area contributed by atoms with Gasteiger partial charge in [-0.25, -0.2) is 0 Å². The third kappa shape index (κ3) is 6.22. The molecule has 1 atom stereocenters. The molecular formula is C15H24BrNO4. The highest BCUT2D eigenvalue weighted by Crippen LogP contribution is 2.36. The number of ether oxygens (including phenoxy) is 3. The first-order valence-corrected chi connectivity index (χ1v) is 7.78. The van der Waals surface area contributed by atoms with E-state index in [4.69, 9.17) is 14.2 Å². The van der Waals surface area contributed by atoms with E-state index in [1.165, 1.54) is 0 Å². The Labute approximate surface area is 134 Å². The quantitative estimate of drug-likeness (QED) is 0.626. The van der Waals surface area contributed by atoms with Crippen LogP contribution in [0.25, 0.3) is 0 Å². The smallest absolute Gasteiger partial charge is 0.175 e. The lowest BCUT2D eigenvalue weighted by molar-refractivity contribution is 0.102. The van der Waals surface area contributed by atoms with E-state index >= 15 is 0 Å². The van der Waals surface area contributed by atoms with Crippen LogP contribution < -0.4 is 14.8 Å². The molecule has 1 unspecified atom stereocenters. The zero-order chi connectivity index (χ0) is 15.7. The van der Waals surface area contributed by atoms with Gasteiger partial charge < -0.3 is 24.6 Å². The minimum absolute atomic E-state index is 0.247. The Morgan fingerprint density at radius 3 is 2.71 bits per heavy atom. The van der Waals surface area contributed by atoms with Gasteiger partial charge in [-0.05, 0) is 40.0 Å². The van der Waals surface area contributed by atoms with E-state index in [0.29, 0.717) is 24.5 Å². The molecule has 21 heavy (non-hydrogen) atoms. The molecule has 0 spiro atoms. The molecule has 5 nitrogen and oxygen atoms in total. The second-order valence-electron chi connectivity index (χ2n) is 4.65. The van der Waals surface area contributed by atoms with Crippen LogP contribution in [0.2, 0.25) is 0 Å². The predicted molar refractivity (Wildman–Crippen MR) is 86.1 cm³/mol. The topological polar surface area (TPSA) is 60.0 Å². The first kappa shape index (κ1) is 18.2. The first-order valence-electron chi connectivity index (χ1n) is 6.99. The fourth-order valence-corrected chi connectivity index (χ4v) is 2.32. The van der Waals surface area contributed by atoms with Crippen LogP contribution in [0.1, 0.15) is 18.9 Å². The van der Waals surface area contributed by atoms with Crippen LogP contribution in [0.5, 0.6) is 11.5 Å². The van der Waals surface area contributed by atoms with Crippen LogP contribution in [-0.2, 0) is 11.3 Å². The molecule has 0 saturated carbocycles. The number of rotatable bonds is 10. The highest BCUT2D eigenvalue weighted by molar-refractivity contribution is 9.10. The molecule has 0 radical (unpaired) electrons. The summed E-state index contributed by atoms with van der Waals surface area (Å²) in [6.45, 7) is 4.34. The number of hydrogen-bond donors (Lipinski definition) is 2. The molecule has 0 aliphatic rings. The van der Waals surface area contributed by atoms with Crippen LogP contribution in [0.3, 0.4) is 0 Å². The molecule has 0 bridgehead atoms. The first-order chi connectivity index (χ1) is 10.1. The van der Waals surface area contributed by atoms with E-state index in [1.54, 1.807) is 14.2 Å². The van der Waals surface area contributed by atoms with Crippen molar-refractivity contribution in [3.8, 4) is 11.5 Å². The van der Waals surface area contributed by atoms with Gasteiger partial charge in [0.05, 0.1) is 24.3 Å². The highest BCUT2D eigenvalue weighted by atomic mass is 79.9. The van der Waals surface area contributed by atoms with Crippen LogP contribution in [0, 0.1) is 0 Å². The monoisotopic (exact) mass is 361 g/mol. The second-order valence-corrected chi connectivity index (χ2v) is 5.51. The van der Waals surface area contributed by atoms with Gasteiger partial charge in [-0.15, -0.1) is 0 Å². The van der Waals surface area contributed by atoms with Gasteiger partial charge in [-0.3, -0.25) is 0 Å². The summed E-state index contributed by atoms with van der Waals surface area (Å²) in [6.07, 6.45) is 0.179. The van der Waals surface area contributed by atoms with Crippen molar-refractivity contribution in [2.24, 2.45) is 0 Å². The lowest BCUT2D eigenvalue weighted by Crippen LogP contribution is -2.19. The predicted octanol–water partition coefficient (Wildman–Crippen LogP) is 2.34. The number of methoxy groups -OCH3 is 2. The maximum Gasteiger partial charge on any atom is 0.175 e. The summed E-state index contributed by atoms with van der Waals surface area (Å²) < 4.78 is 16.8. The molecule has 120 valence electrons. The average Bonchev–Trinajstić information content (AvgIpc) is 2.49. The van der Waals surface area contributed by atoms with Gasteiger partial charge in [0.25, 0.3) is 0 Å². The van der Waals surface area contributed by atoms with Crippen molar-refractivity contribution in [3.63, 3.8) is 0 Å². The largest absolute Gasteiger partial charge is 0.493 e. The van der Waals surface area contributed by atoms with Crippen LogP contribution in [-0.4, -0.2) is 45.2 Å². The van der Waals surface area contributed by atoms with Gasteiger partial charge >= 0.3 is 0 Å². The van der Waals surface area contributed by atoms with E-state index in [9.17, 15) is 5.11 Å². The van der Waals surface area contributed by atoms with E-state index < -0.39 is 6.10 Å². The average molecular weight is 362 g/mol. The third-order valence-electron chi connectivity index (χ3n) is 2.99. The lowest BCUT2D eigenvalue weighted by Gasteiger charge is -2.16. The molecule has 2 N–H and O–H groups in total. The van der Waals surface area contributed by atoms with Gasteiger partial charge in [0, 0.05) is 20.2 Å². The van der Waals surface area contributed by atoms with Crippen LogP contribution in [0.4, 0.5) is 0 Å². The molecule has 1 aromatic rings. The van der Waals surface area contributed by atoms with Gasteiger partial charge in [0.2, 0.25) is 0 Å². The molecule has 6 heteroatoms. The molecule has 0 heterocycles. The Balaban J connectivity index is 2.72. The second kappa shape index (κ2) is 10.00. The van der Waals surface area contributed by atoms with Crippen LogP contribution >= 0.6 is 15.9 Å². The summed E-state index contributed by atoms with van der Waals surface area (Å²) in [5.74, 6) is 1.27. The molecule has 0 aliphatic carbocycles. The Hall–Kier alpha value is -0.820. The minimum atomic E-state index is -0.475. The van der Waals surface area contributed by atoms with Gasteiger partial charge in [0.15, 0.2) is 11.5 Å². The molecule has 0 aromatic heterocycles. The number of aliphatic hydroxyl groups excluding tert-OH is 1. The lowest BCUT2D eigenvalue weighted by atomic mass is 10.2. The normalized spacial score (nSPS) is 12.2. The fourth-order valence-electron chi connectivity index (χ4n) is 1.72. The fraction of sp³-hybridized carbons (Fsp3) is 0.600. The van der Waals surface area contributed by atoms with Crippen molar-refractivity contribution >= 4 is 15.9 Å². The SMILES string of the molecule is CCC(O)COc1c(Br)cc(CNCCOC)cc1OC. The standard InChI is InChI=1S/C15H24BrNO4/c1-4-12(18)10-21-15-13(16)7-11(8-14(15)20-3)9-17-5-6-19-2/h7-8,12,17-18H,4-6,9-10H2,1-3H3. The molecule has 0 saturated heterocycles. The summed E-state index contributed by atoms with van der Waals surface area (Å²) in [4.78, 5) is 0. The molecule has 0 fully saturated rings. The number of halogens is 1. The van der Waals surface area contributed by atoms with Crippen molar-refractivity contribution in [1.82, 2.24) is 5.32 Å². The van der Waals surface area contributed by atoms with Crippen LogP contribution in [0.15, 0.2) is 16.6 Å². The van der Waals surface area contributed by atoms with Gasteiger partial charge in [-0.2, -0.15) is 0 Å². The highest BCUT2D eigenvalue weighted by Gasteiger charge is 2.13. The van der Waals surface area contributed by atoms with Crippen molar-refractivity contribution in [2.75, 3.05) is 34.0 Å². The maximum atomic E-state index is 9.59. The van der Waals surface area contributed by atoms with Gasteiger partial charge in [-0.1, -0.05) is 6.92 Å². The van der Waals surface area contributed by atoms with E-state index in [0.717, 1.165) is 23.1 Å². The van der Waals surface area contributed by atoms with Crippen molar-refractivity contribution in [3.05, 3.63) is 22.2 Å². The van der Waals surface area contributed by atoms with E-state index in [1.807, 2.05) is 19.1 Å². The summed E-state index contributed by atoms with van der Waals surface area (Å²) in [6, 6.07) is 3.91. The molecular weight excluding hydrogens is 338 g/mol. The number of nitrogens with one attached hydrogen (secondary N) is 1. The summed E-state index contributed by atoms with van der Waals surface area (Å²) in [7, 11) is 3.28. The molecule has 0 amide bonds. The number of benzene rings is 1. The Morgan fingerprint density at radius 2 is 2.10 bits per heavy atom. The van der Waals surface area contributed by atoms with E-state index in [-0.39, 0.29) is 6.61 Å². The summed E-state index contributed by atoms with van der Waals surface area (Å²) in [5.41, 5.74) is 1.08. The summed E-state index contributed by atoms with van der Waals surface area (Å²) in [5, 5.41) is 12.9. The number of hydrogen-bond acceptors (Lipinski definition) is 5. The Bertz CT molecular complexity index is 428. The van der Waals surface area contributed by atoms with Crippen molar-refractivity contribution in [2.45, 2.75) is 26.0 Å². The molecule has 1 aromatic carbocycles. The molecule has 1 rings (SSSR count). The molecule has 0 aliphatic heterocycles. The van der Waals surface area contributed by atoms with Crippen molar-refractivity contribution < 1.29 is 19.3 Å². The van der Waals surface area contributed by atoms with E-state index in [2.05, 4.69) is 21.2 Å².